The number of anilines is 2. The summed E-state index contributed by atoms with van der Waals surface area (Å²) in [5, 5.41) is 2.81. The number of benzene rings is 2. The number of carbonyl (C=O) groups is 3. The van der Waals surface area contributed by atoms with E-state index >= 15 is 0 Å². The van der Waals surface area contributed by atoms with Crippen molar-refractivity contribution in [2.45, 2.75) is 34.1 Å². The minimum Gasteiger partial charge on any atom is -0.490 e. The maximum Gasteiger partial charge on any atom is 0.308 e. The van der Waals surface area contributed by atoms with Gasteiger partial charge in [0, 0.05) is 25.2 Å². The molecule has 2 amide bonds. The Morgan fingerprint density at radius 3 is 2.63 bits per heavy atom. The van der Waals surface area contributed by atoms with Crippen LogP contribution in [-0.4, -0.2) is 30.9 Å². The Bertz CT molecular complexity index is 983. The number of carbonyl (C=O) groups excluding carboxylic acids is 3. The van der Waals surface area contributed by atoms with Crippen molar-refractivity contribution in [2.75, 3.05) is 23.4 Å². The molecule has 0 radical (unpaired) electrons. The average Bonchev–Trinajstić information content (AvgIpc) is 2.78. The highest BCUT2D eigenvalue weighted by Crippen LogP contribution is 2.38. The van der Waals surface area contributed by atoms with Crippen LogP contribution in [0.4, 0.5) is 11.4 Å². The van der Waals surface area contributed by atoms with Gasteiger partial charge in [-0.25, -0.2) is 0 Å². The minimum atomic E-state index is -0.652. The molecule has 1 heterocycles. The zero-order valence-corrected chi connectivity index (χ0v) is 17.7. The Morgan fingerprint density at radius 2 is 1.93 bits per heavy atom. The second kappa shape index (κ2) is 8.57. The molecule has 0 saturated carbocycles. The van der Waals surface area contributed by atoms with E-state index in [0.717, 1.165) is 6.42 Å². The molecule has 7 heteroatoms. The van der Waals surface area contributed by atoms with E-state index in [9.17, 15) is 14.4 Å². The Hall–Kier alpha value is -3.35. The molecule has 0 fully saturated rings. The summed E-state index contributed by atoms with van der Waals surface area (Å²) in [6.45, 7) is 7.84. The maximum absolute atomic E-state index is 12.9. The smallest absolute Gasteiger partial charge is 0.308 e. The molecule has 7 nitrogen and oxygen atoms in total. The van der Waals surface area contributed by atoms with Gasteiger partial charge in [-0.3, -0.25) is 14.4 Å². The fourth-order valence-corrected chi connectivity index (χ4v) is 3.27. The molecule has 0 bridgehead atoms. The van der Waals surface area contributed by atoms with Crippen molar-refractivity contribution in [1.29, 1.82) is 0 Å². The van der Waals surface area contributed by atoms with Crippen LogP contribution < -0.4 is 19.7 Å². The van der Waals surface area contributed by atoms with E-state index in [1.807, 2.05) is 20.8 Å². The zero-order chi connectivity index (χ0) is 21.9. The van der Waals surface area contributed by atoms with Crippen LogP contribution >= 0.6 is 0 Å². The third-order valence-electron chi connectivity index (χ3n) is 4.75. The van der Waals surface area contributed by atoms with Gasteiger partial charge in [0.05, 0.1) is 16.7 Å². The van der Waals surface area contributed by atoms with Gasteiger partial charge < -0.3 is 19.7 Å². The van der Waals surface area contributed by atoms with E-state index in [4.69, 9.17) is 9.47 Å². The summed E-state index contributed by atoms with van der Waals surface area (Å²) in [6, 6.07) is 11.7. The lowest BCUT2D eigenvalue weighted by Gasteiger charge is -2.27. The summed E-state index contributed by atoms with van der Waals surface area (Å²) >= 11 is 0. The van der Waals surface area contributed by atoms with Crippen molar-refractivity contribution >= 4 is 29.2 Å². The predicted molar refractivity (Wildman–Crippen MR) is 114 cm³/mol. The second-order valence-electron chi connectivity index (χ2n) is 7.86. The summed E-state index contributed by atoms with van der Waals surface area (Å²) in [4.78, 5) is 38.7. The van der Waals surface area contributed by atoms with Gasteiger partial charge >= 0.3 is 5.97 Å². The van der Waals surface area contributed by atoms with E-state index in [0.29, 0.717) is 23.7 Å². The maximum atomic E-state index is 12.9. The highest BCUT2D eigenvalue weighted by Gasteiger charge is 2.37. The number of para-hydroxylation sites is 1. The van der Waals surface area contributed by atoms with Crippen LogP contribution in [0.3, 0.4) is 0 Å². The topological polar surface area (TPSA) is 84.9 Å². The molecule has 1 aliphatic heterocycles. The number of hydrogen-bond acceptors (Lipinski definition) is 5. The first kappa shape index (κ1) is 21.4. The summed E-state index contributed by atoms with van der Waals surface area (Å²) in [7, 11) is 0. The molecule has 0 spiro atoms. The largest absolute Gasteiger partial charge is 0.490 e. The third kappa shape index (κ3) is 4.45. The summed E-state index contributed by atoms with van der Waals surface area (Å²) < 4.78 is 11.1. The zero-order valence-electron chi connectivity index (χ0n) is 17.7. The van der Waals surface area contributed by atoms with Gasteiger partial charge in [-0.15, -0.1) is 0 Å². The lowest BCUT2D eigenvalue weighted by Crippen LogP contribution is -2.42. The van der Waals surface area contributed by atoms with Crippen LogP contribution in [0.1, 0.15) is 44.5 Å². The third-order valence-corrected chi connectivity index (χ3v) is 4.75. The lowest BCUT2D eigenvalue weighted by molar-refractivity contribution is -0.132. The van der Waals surface area contributed by atoms with Gasteiger partial charge in [-0.2, -0.15) is 0 Å². The van der Waals surface area contributed by atoms with Crippen molar-refractivity contribution < 1.29 is 23.9 Å². The number of ether oxygens (including phenoxy) is 2. The molecule has 3 rings (SSSR count). The highest BCUT2D eigenvalue weighted by atomic mass is 16.5. The van der Waals surface area contributed by atoms with Gasteiger partial charge in [-0.1, -0.05) is 19.1 Å². The molecule has 2 aromatic rings. The minimum absolute atomic E-state index is 0.00944. The molecule has 0 aromatic heterocycles. The van der Waals surface area contributed by atoms with Crippen LogP contribution in [0, 0.1) is 5.41 Å². The van der Waals surface area contributed by atoms with Crippen LogP contribution in [-0.2, 0) is 9.59 Å². The van der Waals surface area contributed by atoms with Gasteiger partial charge in [0.1, 0.15) is 18.1 Å². The van der Waals surface area contributed by atoms with Crippen LogP contribution in [0.5, 0.6) is 11.5 Å². The second-order valence-corrected chi connectivity index (χ2v) is 7.86. The monoisotopic (exact) mass is 410 g/mol. The number of amides is 2. The van der Waals surface area contributed by atoms with Crippen molar-refractivity contribution in [3.63, 3.8) is 0 Å². The van der Waals surface area contributed by atoms with Crippen LogP contribution in [0.2, 0.25) is 0 Å². The molecule has 158 valence electrons. The Balaban J connectivity index is 1.89. The molecule has 2 aromatic carbocycles. The first-order valence-corrected chi connectivity index (χ1v) is 9.90. The van der Waals surface area contributed by atoms with E-state index in [1.54, 1.807) is 47.4 Å². The molecular formula is C23H26N2O5. The standard InChI is InChI=1S/C23H26N2O5/c1-5-12-25-18-11-10-16(13-20(18)29-14-23(3,4)22(25)28)24-21(27)17-8-6-7-9-19(17)30-15(2)26/h6-11,13H,5,12,14H2,1-4H3,(H,24,27). The molecule has 0 saturated heterocycles. The highest BCUT2D eigenvalue weighted by molar-refractivity contribution is 6.07. The first-order chi connectivity index (χ1) is 14.2. The normalized spacial score (nSPS) is 14.9. The Kier molecular flexibility index (Phi) is 6.10. The van der Waals surface area contributed by atoms with Crippen molar-refractivity contribution in [3.05, 3.63) is 48.0 Å². The van der Waals surface area contributed by atoms with Crippen molar-refractivity contribution in [2.24, 2.45) is 5.41 Å². The number of hydrogen-bond donors (Lipinski definition) is 1. The first-order valence-electron chi connectivity index (χ1n) is 9.90. The van der Waals surface area contributed by atoms with Crippen LogP contribution in [0.25, 0.3) is 0 Å². The summed E-state index contributed by atoms with van der Waals surface area (Å²) in [5.74, 6) is -0.183. The van der Waals surface area contributed by atoms with Gasteiger partial charge in [-0.05, 0) is 44.5 Å². The molecule has 0 atom stereocenters. The number of nitrogens with one attached hydrogen (secondary N) is 1. The van der Waals surface area contributed by atoms with Crippen molar-refractivity contribution in [3.8, 4) is 11.5 Å². The molecular weight excluding hydrogens is 384 g/mol. The Morgan fingerprint density at radius 1 is 1.20 bits per heavy atom. The molecule has 0 aliphatic carbocycles. The fraction of sp³-hybridized carbons (Fsp3) is 0.348. The van der Waals surface area contributed by atoms with Crippen molar-refractivity contribution in [1.82, 2.24) is 0 Å². The lowest BCUT2D eigenvalue weighted by atomic mass is 9.93. The molecule has 30 heavy (non-hydrogen) atoms. The molecule has 1 N–H and O–H groups in total. The summed E-state index contributed by atoms with van der Waals surface area (Å²) in [5.41, 5.74) is 0.791. The van der Waals surface area contributed by atoms with Gasteiger partial charge in [0.15, 0.2) is 0 Å². The van der Waals surface area contributed by atoms with E-state index in [2.05, 4.69) is 5.32 Å². The SMILES string of the molecule is CCCN1C(=O)C(C)(C)COc2cc(NC(=O)c3ccccc3OC(C)=O)ccc21. The summed E-state index contributed by atoms with van der Waals surface area (Å²) in [6.07, 6.45) is 0.812. The fourth-order valence-electron chi connectivity index (χ4n) is 3.27. The molecule has 1 aliphatic rings. The predicted octanol–water partition coefficient (Wildman–Crippen LogP) is 4.03. The van der Waals surface area contributed by atoms with E-state index in [-0.39, 0.29) is 23.8 Å². The van der Waals surface area contributed by atoms with Crippen LogP contribution in [0.15, 0.2) is 42.5 Å². The average molecular weight is 410 g/mol. The van der Waals surface area contributed by atoms with E-state index < -0.39 is 17.3 Å². The van der Waals surface area contributed by atoms with Gasteiger partial charge in [0.2, 0.25) is 5.91 Å². The van der Waals surface area contributed by atoms with Gasteiger partial charge in [0.25, 0.3) is 5.91 Å². The Labute approximate surface area is 176 Å². The molecule has 0 unspecified atom stereocenters. The quantitative estimate of drug-likeness (QED) is 0.594. The number of esters is 1. The number of fused-ring (bicyclic) bond motifs is 1. The number of nitrogens with zero attached hydrogens (tertiary/aromatic N) is 1. The van der Waals surface area contributed by atoms with E-state index in [1.165, 1.54) is 6.92 Å². The number of rotatable bonds is 5.